The first-order chi connectivity index (χ1) is 10.4. The van der Waals surface area contributed by atoms with Crippen LogP contribution in [0.4, 0.5) is 0 Å². The zero-order valence-corrected chi connectivity index (χ0v) is 14.6. The quantitative estimate of drug-likeness (QED) is 0.219. The average Bonchev–Trinajstić information content (AvgIpc) is 2.46. The van der Waals surface area contributed by atoms with Crippen molar-refractivity contribution in [1.82, 2.24) is 16.1 Å². The Labute approximate surface area is 173 Å². The standard InChI is InChI=1S/C15H29N3O5.Ca.2H/c1-8(2)7-9(10(19)13(21)18-23)12(20)17-11(14(22)16-6)15(3,4)5;;;/h8-11,19,23H,7H2,1-6H3,(H,16,22)(H,17,20)(H,18,21);;;/t9-,10+,11-;;;/m1.../s1. The van der Waals surface area contributed by atoms with E-state index < -0.39 is 35.3 Å². The molecule has 0 saturated heterocycles. The summed E-state index contributed by atoms with van der Waals surface area (Å²) in [5, 5.41) is 23.7. The molecular formula is C15H31CaN3O5. The molecule has 0 aliphatic rings. The Morgan fingerprint density at radius 1 is 1.04 bits per heavy atom. The summed E-state index contributed by atoms with van der Waals surface area (Å²) in [5.41, 5.74) is 0.789. The fourth-order valence-corrected chi connectivity index (χ4v) is 2.21. The number of hydrogen-bond acceptors (Lipinski definition) is 5. The van der Waals surface area contributed by atoms with E-state index in [2.05, 4.69) is 10.6 Å². The van der Waals surface area contributed by atoms with Crippen LogP contribution < -0.4 is 16.1 Å². The van der Waals surface area contributed by atoms with Gasteiger partial charge in [-0.1, -0.05) is 34.6 Å². The van der Waals surface area contributed by atoms with Gasteiger partial charge in [-0.05, 0) is 17.8 Å². The van der Waals surface area contributed by atoms with Crippen LogP contribution in [-0.2, 0) is 14.4 Å². The van der Waals surface area contributed by atoms with Crippen LogP contribution in [0.1, 0.15) is 41.0 Å². The molecule has 0 radical (unpaired) electrons. The minimum atomic E-state index is -1.70. The summed E-state index contributed by atoms with van der Waals surface area (Å²) in [6.45, 7) is 9.05. The predicted octanol–water partition coefficient (Wildman–Crippen LogP) is -1.12. The van der Waals surface area contributed by atoms with Crippen molar-refractivity contribution < 1.29 is 24.7 Å². The van der Waals surface area contributed by atoms with E-state index in [1.807, 2.05) is 13.8 Å². The number of carbonyl (C=O) groups is 3. The fourth-order valence-electron chi connectivity index (χ4n) is 2.21. The third-order valence-corrected chi connectivity index (χ3v) is 3.48. The minimum absolute atomic E-state index is 0. The Morgan fingerprint density at radius 2 is 1.54 bits per heavy atom. The van der Waals surface area contributed by atoms with Crippen molar-refractivity contribution in [2.45, 2.75) is 53.2 Å². The molecule has 0 saturated carbocycles. The summed E-state index contributed by atoms with van der Waals surface area (Å²) in [6, 6.07) is -0.820. The number of amides is 3. The van der Waals surface area contributed by atoms with Crippen LogP contribution in [0.5, 0.6) is 0 Å². The molecule has 0 rings (SSSR count). The summed E-state index contributed by atoms with van der Waals surface area (Å²) in [5.74, 6) is -3.08. The Bertz CT molecular complexity index is 437. The van der Waals surface area contributed by atoms with E-state index in [9.17, 15) is 19.5 Å². The molecule has 0 aliphatic heterocycles. The zero-order chi connectivity index (χ0) is 18.4. The number of aliphatic hydroxyl groups excluding tert-OH is 1. The van der Waals surface area contributed by atoms with Crippen LogP contribution in [0, 0.1) is 17.3 Å². The monoisotopic (exact) mass is 373 g/mol. The van der Waals surface area contributed by atoms with E-state index >= 15 is 0 Å². The van der Waals surface area contributed by atoms with E-state index in [1.165, 1.54) is 12.5 Å². The van der Waals surface area contributed by atoms with Gasteiger partial charge < -0.3 is 15.7 Å². The summed E-state index contributed by atoms with van der Waals surface area (Å²) < 4.78 is 0. The molecule has 0 aromatic rings. The van der Waals surface area contributed by atoms with Gasteiger partial charge in [0.25, 0.3) is 5.91 Å². The Hall–Kier alpha value is -0.410. The van der Waals surface area contributed by atoms with Gasteiger partial charge in [-0.15, -0.1) is 0 Å². The molecule has 0 heterocycles. The van der Waals surface area contributed by atoms with E-state index in [4.69, 9.17) is 5.21 Å². The van der Waals surface area contributed by atoms with Crippen LogP contribution in [-0.4, -0.2) is 85.0 Å². The van der Waals surface area contributed by atoms with Crippen LogP contribution in [0.15, 0.2) is 0 Å². The van der Waals surface area contributed by atoms with Gasteiger partial charge in [-0.25, -0.2) is 5.48 Å². The van der Waals surface area contributed by atoms with Crippen LogP contribution >= 0.6 is 0 Å². The maximum atomic E-state index is 12.5. The molecule has 3 atom stereocenters. The summed E-state index contributed by atoms with van der Waals surface area (Å²) in [6.07, 6.45) is -1.47. The number of carbonyl (C=O) groups excluding carboxylic acids is 3. The molecule has 0 fully saturated rings. The van der Waals surface area contributed by atoms with Gasteiger partial charge in [-0.3, -0.25) is 19.6 Å². The van der Waals surface area contributed by atoms with E-state index in [0.29, 0.717) is 0 Å². The number of hydrogen-bond donors (Lipinski definition) is 5. The SMILES string of the molecule is CNC(=O)[C@@H](NC(=O)[C@H](CC(C)C)[C@H](O)C(=O)NO)C(C)(C)C.[CaH2]. The van der Waals surface area contributed by atoms with E-state index in [1.54, 1.807) is 20.8 Å². The molecule has 0 bridgehead atoms. The van der Waals surface area contributed by atoms with E-state index in [-0.39, 0.29) is 56.0 Å². The van der Waals surface area contributed by atoms with Gasteiger partial charge >= 0.3 is 37.7 Å². The van der Waals surface area contributed by atoms with Crippen molar-refractivity contribution >= 4 is 55.5 Å². The first-order valence-electron chi connectivity index (χ1n) is 7.59. The van der Waals surface area contributed by atoms with Crippen molar-refractivity contribution in [2.24, 2.45) is 17.3 Å². The van der Waals surface area contributed by atoms with Crippen LogP contribution in [0.2, 0.25) is 0 Å². The first-order valence-corrected chi connectivity index (χ1v) is 7.59. The Morgan fingerprint density at radius 3 is 1.88 bits per heavy atom. The second-order valence-electron chi connectivity index (χ2n) is 7.08. The third kappa shape index (κ3) is 8.11. The van der Waals surface area contributed by atoms with Gasteiger partial charge in [0.05, 0.1) is 5.92 Å². The number of likely N-dealkylation sites (N-methyl/N-ethyl adjacent to an activating group) is 1. The molecule has 138 valence electrons. The molecule has 0 unspecified atom stereocenters. The maximum absolute atomic E-state index is 12.5. The van der Waals surface area contributed by atoms with Gasteiger partial charge in [0.2, 0.25) is 11.8 Å². The van der Waals surface area contributed by atoms with E-state index in [0.717, 1.165) is 0 Å². The summed E-state index contributed by atoms with van der Waals surface area (Å²) in [4.78, 5) is 35.9. The molecule has 0 spiro atoms. The normalized spacial score (nSPS) is 14.9. The van der Waals surface area contributed by atoms with Crippen LogP contribution in [0.3, 0.4) is 0 Å². The second kappa shape index (κ2) is 11.3. The van der Waals surface area contributed by atoms with Gasteiger partial charge in [0.1, 0.15) is 12.1 Å². The summed E-state index contributed by atoms with van der Waals surface area (Å²) >= 11 is 0. The molecule has 8 nitrogen and oxygen atoms in total. The summed E-state index contributed by atoms with van der Waals surface area (Å²) in [7, 11) is 1.47. The molecular weight excluding hydrogens is 342 g/mol. The molecule has 5 N–H and O–H groups in total. The first kappa shape index (κ1) is 25.8. The Kier molecular flexibility index (Phi) is 12.1. The fraction of sp³-hybridized carbons (Fsp3) is 0.800. The van der Waals surface area contributed by atoms with Crippen LogP contribution in [0.25, 0.3) is 0 Å². The molecule has 0 aliphatic carbocycles. The predicted molar refractivity (Wildman–Crippen MR) is 92.9 cm³/mol. The molecule has 0 aromatic carbocycles. The molecule has 9 heteroatoms. The number of hydroxylamine groups is 1. The number of rotatable bonds is 7. The number of aliphatic hydroxyl groups is 1. The second-order valence-corrected chi connectivity index (χ2v) is 7.08. The Balaban J connectivity index is 0. The molecule has 3 amide bonds. The molecule has 0 aromatic heterocycles. The van der Waals surface area contributed by atoms with Gasteiger partial charge in [0.15, 0.2) is 0 Å². The number of nitrogens with one attached hydrogen (secondary N) is 3. The van der Waals surface area contributed by atoms with Crippen molar-refractivity contribution in [2.75, 3.05) is 7.05 Å². The van der Waals surface area contributed by atoms with Crippen molar-refractivity contribution in [3.63, 3.8) is 0 Å². The molecule has 24 heavy (non-hydrogen) atoms. The van der Waals surface area contributed by atoms with Crippen molar-refractivity contribution in [1.29, 1.82) is 0 Å². The topological polar surface area (TPSA) is 128 Å². The third-order valence-electron chi connectivity index (χ3n) is 3.48. The van der Waals surface area contributed by atoms with Crippen molar-refractivity contribution in [3.8, 4) is 0 Å². The van der Waals surface area contributed by atoms with Gasteiger partial charge in [-0.2, -0.15) is 0 Å². The zero-order valence-electron chi connectivity index (χ0n) is 14.6. The van der Waals surface area contributed by atoms with Gasteiger partial charge in [0, 0.05) is 7.05 Å². The average molecular weight is 374 g/mol. The van der Waals surface area contributed by atoms with Crippen molar-refractivity contribution in [3.05, 3.63) is 0 Å².